The maximum absolute atomic E-state index is 8.77. The zero-order valence-corrected chi connectivity index (χ0v) is 6.86. The molecule has 1 aliphatic heterocycles. The largest absolute Gasteiger partial charge is 0.396 e. The third kappa shape index (κ3) is 1.23. The van der Waals surface area contributed by atoms with Crippen LogP contribution in [-0.2, 0) is 24.3 Å². The van der Waals surface area contributed by atoms with E-state index in [0.29, 0.717) is 13.0 Å². The Bertz CT molecular complexity index is 270. The summed E-state index contributed by atoms with van der Waals surface area (Å²) >= 11 is 0. The van der Waals surface area contributed by atoms with Crippen molar-refractivity contribution in [1.82, 2.24) is 9.55 Å². The lowest BCUT2D eigenvalue weighted by Gasteiger charge is -2.16. The monoisotopic (exact) mass is 168 g/mol. The quantitative estimate of drug-likeness (QED) is 0.673. The molecule has 0 radical (unpaired) electrons. The molecule has 0 amide bonds. The zero-order chi connectivity index (χ0) is 8.39. The Hall–Kier alpha value is -0.870. The lowest BCUT2D eigenvalue weighted by molar-refractivity contribution is 0.0803. The fourth-order valence-corrected chi connectivity index (χ4v) is 1.48. The molecule has 0 saturated heterocycles. The van der Waals surface area contributed by atoms with Crippen molar-refractivity contribution in [2.75, 3.05) is 13.2 Å². The molecule has 0 unspecified atom stereocenters. The van der Waals surface area contributed by atoms with Crippen LogP contribution in [0.15, 0.2) is 6.20 Å². The summed E-state index contributed by atoms with van der Waals surface area (Å²) in [4.78, 5) is 4.20. The molecule has 0 saturated carbocycles. The van der Waals surface area contributed by atoms with Crippen LogP contribution in [0, 0.1) is 0 Å². The van der Waals surface area contributed by atoms with Crippen LogP contribution in [0.3, 0.4) is 0 Å². The predicted octanol–water partition coefficient (Wildman–Crippen LogP) is -0.0519. The number of aliphatic hydroxyl groups is 1. The molecule has 66 valence electrons. The summed E-state index contributed by atoms with van der Waals surface area (Å²) in [6.07, 6.45) is 2.51. The van der Waals surface area contributed by atoms with Gasteiger partial charge in [0, 0.05) is 31.5 Å². The number of aliphatic hydroxyl groups excluding tert-OH is 1. The minimum atomic E-state index is 0.186. The molecule has 0 spiro atoms. The third-order valence-corrected chi connectivity index (χ3v) is 2.08. The second-order valence-corrected chi connectivity index (χ2v) is 2.84. The maximum atomic E-state index is 8.77. The van der Waals surface area contributed by atoms with Gasteiger partial charge in [-0.2, -0.15) is 0 Å². The standard InChI is InChI=1S/C8H12N2O2/c11-3-1-7-5-9-8-6-12-4-2-10(7)8/h5,11H,1-4,6H2. The average Bonchev–Trinajstić information content (AvgIpc) is 2.50. The number of aromatic nitrogens is 2. The first-order valence-corrected chi connectivity index (χ1v) is 4.13. The van der Waals surface area contributed by atoms with Crippen LogP contribution in [0.1, 0.15) is 11.5 Å². The molecule has 0 atom stereocenters. The van der Waals surface area contributed by atoms with Crippen molar-refractivity contribution >= 4 is 0 Å². The molecule has 1 aromatic heterocycles. The van der Waals surface area contributed by atoms with E-state index in [2.05, 4.69) is 9.55 Å². The Labute approximate surface area is 70.8 Å². The van der Waals surface area contributed by atoms with Gasteiger partial charge < -0.3 is 14.4 Å². The molecule has 0 fully saturated rings. The highest BCUT2D eigenvalue weighted by Crippen LogP contribution is 2.11. The normalized spacial score (nSPS) is 16.1. The van der Waals surface area contributed by atoms with Crippen LogP contribution >= 0.6 is 0 Å². The highest BCUT2D eigenvalue weighted by atomic mass is 16.5. The van der Waals surface area contributed by atoms with Gasteiger partial charge in [0.1, 0.15) is 12.4 Å². The van der Waals surface area contributed by atoms with E-state index in [-0.39, 0.29) is 6.61 Å². The van der Waals surface area contributed by atoms with Crippen molar-refractivity contribution in [2.45, 2.75) is 19.6 Å². The van der Waals surface area contributed by atoms with E-state index in [4.69, 9.17) is 9.84 Å². The number of imidazole rings is 1. The van der Waals surface area contributed by atoms with E-state index in [1.165, 1.54) is 0 Å². The van der Waals surface area contributed by atoms with Gasteiger partial charge in [-0.1, -0.05) is 0 Å². The average molecular weight is 168 g/mol. The summed E-state index contributed by atoms with van der Waals surface area (Å²) in [5, 5.41) is 8.77. The minimum Gasteiger partial charge on any atom is -0.396 e. The van der Waals surface area contributed by atoms with Crippen LogP contribution in [0.5, 0.6) is 0 Å². The maximum Gasteiger partial charge on any atom is 0.135 e. The number of rotatable bonds is 2. The molecule has 4 nitrogen and oxygen atoms in total. The Morgan fingerprint density at radius 1 is 1.67 bits per heavy atom. The molecule has 0 aliphatic carbocycles. The molecule has 4 heteroatoms. The van der Waals surface area contributed by atoms with Crippen LogP contribution in [-0.4, -0.2) is 27.9 Å². The first kappa shape index (κ1) is 7.76. The lowest BCUT2D eigenvalue weighted by atomic mass is 10.3. The van der Waals surface area contributed by atoms with E-state index in [0.717, 1.165) is 24.7 Å². The molecular weight excluding hydrogens is 156 g/mol. The van der Waals surface area contributed by atoms with Crippen molar-refractivity contribution < 1.29 is 9.84 Å². The number of fused-ring (bicyclic) bond motifs is 1. The van der Waals surface area contributed by atoms with Crippen LogP contribution < -0.4 is 0 Å². The molecule has 0 bridgehead atoms. The smallest absolute Gasteiger partial charge is 0.135 e. The fraction of sp³-hybridized carbons (Fsp3) is 0.625. The first-order valence-electron chi connectivity index (χ1n) is 4.13. The van der Waals surface area contributed by atoms with Gasteiger partial charge in [0.2, 0.25) is 0 Å². The molecule has 1 N–H and O–H groups in total. The van der Waals surface area contributed by atoms with Crippen molar-refractivity contribution in [2.24, 2.45) is 0 Å². The van der Waals surface area contributed by atoms with Gasteiger partial charge in [-0.05, 0) is 0 Å². The van der Waals surface area contributed by atoms with Gasteiger partial charge >= 0.3 is 0 Å². The van der Waals surface area contributed by atoms with Gasteiger partial charge in [-0.3, -0.25) is 0 Å². The molecule has 1 aromatic rings. The van der Waals surface area contributed by atoms with E-state index in [1.807, 2.05) is 6.20 Å². The molecule has 1 aliphatic rings. The highest BCUT2D eigenvalue weighted by molar-refractivity contribution is 5.06. The Balaban J connectivity index is 2.25. The van der Waals surface area contributed by atoms with Gasteiger partial charge in [0.15, 0.2) is 0 Å². The predicted molar refractivity (Wildman–Crippen MR) is 42.7 cm³/mol. The highest BCUT2D eigenvalue weighted by Gasteiger charge is 2.13. The van der Waals surface area contributed by atoms with Gasteiger partial charge in [0.25, 0.3) is 0 Å². The summed E-state index contributed by atoms with van der Waals surface area (Å²) < 4.78 is 7.37. The molecule has 2 rings (SSSR count). The van der Waals surface area contributed by atoms with E-state index in [9.17, 15) is 0 Å². The van der Waals surface area contributed by atoms with Crippen molar-refractivity contribution in [3.8, 4) is 0 Å². The molecule has 2 heterocycles. The van der Waals surface area contributed by atoms with Gasteiger partial charge in [0.05, 0.1) is 6.61 Å². The van der Waals surface area contributed by atoms with E-state index < -0.39 is 0 Å². The summed E-state index contributed by atoms with van der Waals surface area (Å²) in [5.41, 5.74) is 1.11. The molecule has 0 aromatic carbocycles. The van der Waals surface area contributed by atoms with E-state index in [1.54, 1.807) is 0 Å². The number of ether oxygens (including phenoxy) is 1. The SMILES string of the molecule is OCCc1cnc2n1CCOC2. The summed E-state index contributed by atoms with van der Waals surface area (Å²) in [6, 6.07) is 0. The first-order chi connectivity index (χ1) is 5.92. The number of nitrogens with zero attached hydrogens (tertiary/aromatic N) is 2. The minimum absolute atomic E-state index is 0.186. The van der Waals surface area contributed by atoms with E-state index >= 15 is 0 Å². The van der Waals surface area contributed by atoms with Crippen LogP contribution in [0.2, 0.25) is 0 Å². The summed E-state index contributed by atoms with van der Waals surface area (Å²) in [6.45, 7) is 2.41. The fourth-order valence-electron chi connectivity index (χ4n) is 1.48. The van der Waals surface area contributed by atoms with Crippen LogP contribution in [0.25, 0.3) is 0 Å². The molecule has 12 heavy (non-hydrogen) atoms. The summed E-state index contributed by atoms with van der Waals surface area (Å²) in [5.74, 6) is 0.977. The second-order valence-electron chi connectivity index (χ2n) is 2.84. The zero-order valence-electron chi connectivity index (χ0n) is 6.86. The van der Waals surface area contributed by atoms with Gasteiger partial charge in [-0.25, -0.2) is 4.98 Å². The number of hydrogen-bond acceptors (Lipinski definition) is 3. The van der Waals surface area contributed by atoms with Gasteiger partial charge in [-0.15, -0.1) is 0 Å². The third-order valence-electron chi connectivity index (χ3n) is 2.08. The second kappa shape index (κ2) is 3.25. The van der Waals surface area contributed by atoms with Crippen LogP contribution in [0.4, 0.5) is 0 Å². The summed E-state index contributed by atoms with van der Waals surface area (Å²) in [7, 11) is 0. The molecular formula is C8H12N2O2. The topological polar surface area (TPSA) is 47.3 Å². The van der Waals surface area contributed by atoms with Crippen molar-refractivity contribution in [3.05, 3.63) is 17.7 Å². The number of hydrogen-bond donors (Lipinski definition) is 1. The Morgan fingerprint density at radius 3 is 3.42 bits per heavy atom. The van der Waals surface area contributed by atoms with Crippen molar-refractivity contribution in [1.29, 1.82) is 0 Å². The van der Waals surface area contributed by atoms with Crippen molar-refractivity contribution in [3.63, 3.8) is 0 Å². The Kier molecular flexibility index (Phi) is 2.10. The Morgan fingerprint density at radius 2 is 2.58 bits per heavy atom. The lowest BCUT2D eigenvalue weighted by Crippen LogP contribution is -2.18.